The van der Waals surface area contributed by atoms with Gasteiger partial charge in [-0.2, -0.15) is 5.10 Å². The largest absolute Gasteiger partial charge is 0.273 e. The first kappa shape index (κ1) is 20.0. The smallest absolute Gasteiger partial charge is 0.240 e. The van der Waals surface area contributed by atoms with Gasteiger partial charge in [-0.15, -0.1) is 0 Å². The summed E-state index contributed by atoms with van der Waals surface area (Å²) in [7, 11) is 0. The molecule has 0 aliphatic heterocycles. The summed E-state index contributed by atoms with van der Waals surface area (Å²) in [6.07, 6.45) is 11.9. The van der Waals surface area contributed by atoms with Crippen molar-refractivity contribution in [1.29, 1.82) is 0 Å². The number of halogens is 2. The van der Waals surface area contributed by atoms with Gasteiger partial charge in [0.2, 0.25) is 5.91 Å². The fourth-order valence-corrected chi connectivity index (χ4v) is 2.55. The lowest BCUT2D eigenvalue weighted by molar-refractivity contribution is -0.121. The molecule has 1 aromatic carbocycles. The van der Waals surface area contributed by atoms with Crippen molar-refractivity contribution in [3.63, 3.8) is 0 Å². The molecule has 0 fully saturated rings. The van der Waals surface area contributed by atoms with Crippen LogP contribution in [0.5, 0.6) is 0 Å². The summed E-state index contributed by atoms with van der Waals surface area (Å²) in [5, 5.41) is 4.91. The summed E-state index contributed by atoms with van der Waals surface area (Å²) in [6.45, 7) is 2.22. The molecule has 1 aromatic rings. The van der Waals surface area contributed by atoms with Crippen LogP contribution in [0.1, 0.15) is 70.3 Å². The summed E-state index contributed by atoms with van der Waals surface area (Å²) in [5.41, 5.74) is 3.34. The molecule has 0 aliphatic rings. The Bertz CT molecular complexity index is 504. The quantitative estimate of drug-likeness (QED) is 0.296. The number of amides is 1. The highest BCUT2D eigenvalue weighted by atomic mass is 35.5. The van der Waals surface area contributed by atoms with Crippen molar-refractivity contribution >= 4 is 35.3 Å². The van der Waals surface area contributed by atoms with Crippen molar-refractivity contribution in [3.05, 3.63) is 33.8 Å². The molecular formula is C18H26Cl2N2O. The SMILES string of the molecule is CCCCCCCCCCC(=O)N/N=C/c1ccc(Cl)c(Cl)c1. The monoisotopic (exact) mass is 356 g/mol. The number of hydrazone groups is 1. The average Bonchev–Trinajstić information content (AvgIpc) is 2.53. The minimum atomic E-state index is -0.0488. The van der Waals surface area contributed by atoms with Crippen LogP contribution in [0.15, 0.2) is 23.3 Å². The number of nitrogens with one attached hydrogen (secondary N) is 1. The lowest BCUT2D eigenvalue weighted by Gasteiger charge is -2.02. The Hall–Kier alpha value is -1.06. The van der Waals surface area contributed by atoms with E-state index >= 15 is 0 Å². The first-order chi connectivity index (χ1) is 11.1. The number of unbranched alkanes of at least 4 members (excludes halogenated alkanes) is 7. The maximum atomic E-state index is 11.7. The zero-order valence-electron chi connectivity index (χ0n) is 13.8. The molecule has 0 spiro atoms. The number of carbonyl (C=O) groups excluding carboxylic acids is 1. The van der Waals surface area contributed by atoms with Crippen molar-refractivity contribution in [1.82, 2.24) is 5.43 Å². The minimum Gasteiger partial charge on any atom is -0.273 e. The summed E-state index contributed by atoms with van der Waals surface area (Å²) in [4.78, 5) is 11.7. The van der Waals surface area contributed by atoms with Crippen molar-refractivity contribution in [2.75, 3.05) is 0 Å². The van der Waals surface area contributed by atoms with Crippen LogP contribution in [0.4, 0.5) is 0 Å². The third kappa shape index (κ3) is 9.62. The van der Waals surface area contributed by atoms with E-state index in [0.717, 1.165) is 18.4 Å². The van der Waals surface area contributed by atoms with E-state index < -0.39 is 0 Å². The molecule has 1 N–H and O–H groups in total. The van der Waals surface area contributed by atoms with Gasteiger partial charge in [-0.3, -0.25) is 4.79 Å². The molecule has 5 heteroatoms. The molecule has 1 amide bonds. The number of hydrogen-bond donors (Lipinski definition) is 1. The van der Waals surface area contributed by atoms with E-state index in [1.54, 1.807) is 24.4 Å². The van der Waals surface area contributed by atoms with Gasteiger partial charge in [-0.05, 0) is 24.1 Å². The van der Waals surface area contributed by atoms with Crippen LogP contribution in [0, 0.1) is 0 Å². The van der Waals surface area contributed by atoms with Crippen LogP contribution in [-0.4, -0.2) is 12.1 Å². The number of nitrogens with zero attached hydrogens (tertiary/aromatic N) is 1. The molecular weight excluding hydrogens is 331 g/mol. The number of carbonyl (C=O) groups is 1. The predicted octanol–water partition coefficient (Wildman–Crippen LogP) is 5.97. The van der Waals surface area contributed by atoms with Crippen LogP contribution in [0.25, 0.3) is 0 Å². The van der Waals surface area contributed by atoms with Crippen LogP contribution in [0.3, 0.4) is 0 Å². The zero-order chi connectivity index (χ0) is 16.9. The molecule has 0 aromatic heterocycles. The third-order valence-corrected chi connectivity index (χ3v) is 4.34. The molecule has 0 atom stereocenters. The van der Waals surface area contributed by atoms with E-state index in [2.05, 4.69) is 17.5 Å². The molecule has 23 heavy (non-hydrogen) atoms. The first-order valence-corrected chi connectivity index (χ1v) is 9.16. The van der Waals surface area contributed by atoms with E-state index in [4.69, 9.17) is 23.2 Å². The van der Waals surface area contributed by atoms with Crippen LogP contribution in [0.2, 0.25) is 10.0 Å². The molecule has 128 valence electrons. The average molecular weight is 357 g/mol. The number of benzene rings is 1. The van der Waals surface area contributed by atoms with Crippen LogP contribution < -0.4 is 5.43 Å². The normalized spacial score (nSPS) is 11.1. The minimum absolute atomic E-state index is 0.0488. The summed E-state index contributed by atoms with van der Waals surface area (Å²) in [5.74, 6) is -0.0488. The third-order valence-electron chi connectivity index (χ3n) is 3.60. The highest BCUT2D eigenvalue weighted by molar-refractivity contribution is 6.42. The van der Waals surface area contributed by atoms with E-state index in [0.29, 0.717) is 16.5 Å². The lowest BCUT2D eigenvalue weighted by Crippen LogP contribution is -2.16. The first-order valence-electron chi connectivity index (χ1n) is 8.40. The van der Waals surface area contributed by atoms with E-state index in [1.165, 1.54) is 38.5 Å². The molecule has 1 rings (SSSR count). The van der Waals surface area contributed by atoms with Gasteiger partial charge in [0.25, 0.3) is 0 Å². The Morgan fingerprint density at radius 2 is 1.70 bits per heavy atom. The fraction of sp³-hybridized carbons (Fsp3) is 0.556. The van der Waals surface area contributed by atoms with Crippen molar-refractivity contribution in [3.8, 4) is 0 Å². The molecule has 0 bridgehead atoms. The molecule has 0 unspecified atom stereocenters. The lowest BCUT2D eigenvalue weighted by atomic mass is 10.1. The second kappa shape index (κ2) is 12.4. The molecule has 3 nitrogen and oxygen atoms in total. The highest BCUT2D eigenvalue weighted by Gasteiger charge is 2.00. The Morgan fingerprint density at radius 3 is 2.35 bits per heavy atom. The highest BCUT2D eigenvalue weighted by Crippen LogP contribution is 2.21. The number of hydrogen-bond acceptors (Lipinski definition) is 2. The second-order valence-electron chi connectivity index (χ2n) is 5.69. The van der Waals surface area contributed by atoms with Gasteiger partial charge in [0.15, 0.2) is 0 Å². The van der Waals surface area contributed by atoms with Crippen molar-refractivity contribution in [2.45, 2.75) is 64.7 Å². The standard InChI is InChI=1S/C18H26Cl2N2O/c1-2-3-4-5-6-7-8-9-10-18(23)22-21-14-15-11-12-16(19)17(20)13-15/h11-14H,2-10H2,1H3,(H,22,23)/b21-14+. The maximum Gasteiger partial charge on any atom is 0.240 e. The fourth-order valence-electron chi connectivity index (χ4n) is 2.25. The Labute approximate surface area is 149 Å². The maximum absolute atomic E-state index is 11.7. The Morgan fingerprint density at radius 1 is 1.04 bits per heavy atom. The summed E-state index contributed by atoms with van der Waals surface area (Å²) < 4.78 is 0. The molecule has 0 saturated carbocycles. The Kier molecular flexibility index (Phi) is 10.8. The van der Waals surface area contributed by atoms with Gasteiger partial charge < -0.3 is 0 Å². The van der Waals surface area contributed by atoms with E-state index in [9.17, 15) is 4.79 Å². The van der Waals surface area contributed by atoms with Crippen molar-refractivity contribution < 1.29 is 4.79 Å². The van der Waals surface area contributed by atoms with Crippen molar-refractivity contribution in [2.24, 2.45) is 5.10 Å². The van der Waals surface area contributed by atoms with Gasteiger partial charge in [-0.1, -0.05) is 81.1 Å². The summed E-state index contributed by atoms with van der Waals surface area (Å²) >= 11 is 11.7. The summed E-state index contributed by atoms with van der Waals surface area (Å²) in [6, 6.07) is 5.20. The van der Waals surface area contributed by atoms with Crippen LogP contribution in [-0.2, 0) is 4.79 Å². The second-order valence-corrected chi connectivity index (χ2v) is 6.51. The van der Waals surface area contributed by atoms with Gasteiger partial charge >= 0.3 is 0 Å². The predicted molar refractivity (Wildman–Crippen MR) is 99.4 cm³/mol. The van der Waals surface area contributed by atoms with Gasteiger partial charge in [0, 0.05) is 6.42 Å². The topological polar surface area (TPSA) is 41.5 Å². The molecule has 0 radical (unpaired) electrons. The van der Waals surface area contributed by atoms with E-state index in [1.807, 2.05) is 0 Å². The number of rotatable bonds is 11. The Balaban J connectivity index is 2.10. The molecule has 0 aliphatic carbocycles. The van der Waals surface area contributed by atoms with Gasteiger partial charge in [0.05, 0.1) is 16.3 Å². The zero-order valence-corrected chi connectivity index (χ0v) is 15.3. The molecule has 0 saturated heterocycles. The van der Waals surface area contributed by atoms with Crippen LogP contribution >= 0.6 is 23.2 Å². The molecule has 0 heterocycles. The van der Waals surface area contributed by atoms with Gasteiger partial charge in [-0.25, -0.2) is 5.43 Å². The van der Waals surface area contributed by atoms with E-state index in [-0.39, 0.29) is 5.91 Å². The van der Waals surface area contributed by atoms with Gasteiger partial charge in [0.1, 0.15) is 0 Å².